The van der Waals surface area contributed by atoms with Crippen LogP contribution in [0.25, 0.3) is 11.1 Å². The highest BCUT2D eigenvalue weighted by Crippen LogP contribution is 2.37. The van der Waals surface area contributed by atoms with Crippen molar-refractivity contribution in [1.82, 2.24) is 25.7 Å². The van der Waals surface area contributed by atoms with Crippen molar-refractivity contribution in [3.05, 3.63) is 48.5 Å². The third kappa shape index (κ3) is 4.25. The number of nitrogens with one attached hydrogen (secondary N) is 2. The number of aromatic nitrogens is 2. The van der Waals surface area contributed by atoms with Gasteiger partial charge < -0.3 is 10.6 Å². The van der Waals surface area contributed by atoms with Crippen LogP contribution in [0.2, 0.25) is 0 Å². The maximum absolute atomic E-state index is 13.4. The summed E-state index contributed by atoms with van der Waals surface area (Å²) in [4.78, 5) is 36.3. The number of hydrogen-bond acceptors (Lipinski definition) is 6. The van der Waals surface area contributed by atoms with Crippen LogP contribution in [-0.4, -0.2) is 51.9 Å². The molecular formula is C24H32N6O2. The number of benzene rings is 1. The van der Waals surface area contributed by atoms with E-state index < -0.39 is 5.41 Å². The second-order valence-electron chi connectivity index (χ2n) is 9.11. The van der Waals surface area contributed by atoms with Crippen LogP contribution < -0.4 is 16.6 Å². The number of rotatable bonds is 6. The lowest BCUT2D eigenvalue weighted by atomic mass is 9.73. The van der Waals surface area contributed by atoms with Crippen LogP contribution in [0, 0.1) is 11.3 Å². The normalized spacial score (nSPS) is 27.9. The summed E-state index contributed by atoms with van der Waals surface area (Å²) in [6.07, 6.45) is 7.86. The molecule has 4 N–H and O–H groups in total. The molecule has 2 amide bonds. The van der Waals surface area contributed by atoms with Gasteiger partial charge in [-0.1, -0.05) is 38.1 Å². The Hall–Kier alpha value is -2.84. The number of nitrogens with two attached hydrogens (primary N) is 1. The molecule has 4 unspecified atom stereocenters. The molecule has 0 spiro atoms. The van der Waals surface area contributed by atoms with E-state index in [1.807, 2.05) is 29.2 Å². The van der Waals surface area contributed by atoms with Crippen molar-refractivity contribution in [3.63, 3.8) is 0 Å². The zero-order valence-electron chi connectivity index (χ0n) is 18.8. The van der Waals surface area contributed by atoms with Gasteiger partial charge in [0.05, 0.1) is 5.41 Å². The van der Waals surface area contributed by atoms with Crippen molar-refractivity contribution in [2.75, 3.05) is 13.1 Å². The van der Waals surface area contributed by atoms with Crippen molar-refractivity contribution in [3.8, 4) is 11.1 Å². The van der Waals surface area contributed by atoms with Crippen molar-refractivity contribution in [1.29, 1.82) is 0 Å². The van der Waals surface area contributed by atoms with Crippen LogP contribution in [0.5, 0.6) is 0 Å². The lowest BCUT2D eigenvalue weighted by Crippen LogP contribution is -2.57. The molecule has 32 heavy (non-hydrogen) atoms. The number of piperidine rings is 1. The maximum Gasteiger partial charge on any atom is 0.241 e. The second-order valence-corrected chi connectivity index (χ2v) is 9.11. The second kappa shape index (κ2) is 9.34. The van der Waals surface area contributed by atoms with Gasteiger partial charge in [0.25, 0.3) is 0 Å². The summed E-state index contributed by atoms with van der Waals surface area (Å²) in [5, 5.41) is 0. The summed E-state index contributed by atoms with van der Waals surface area (Å²) in [5.41, 5.74) is 14.5. The number of carbonyl (C=O) groups excluding carboxylic acids is 2. The summed E-state index contributed by atoms with van der Waals surface area (Å²) in [6, 6.07) is 7.92. The van der Waals surface area contributed by atoms with Crippen LogP contribution in [0.15, 0.2) is 43.0 Å². The number of primary amides is 1. The van der Waals surface area contributed by atoms with Gasteiger partial charge in [-0.05, 0) is 42.7 Å². The van der Waals surface area contributed by atoms with Gasteiger partial charge in [0.2, 0.25) is 11.8 Å². The van der Waals surface area contributed by atoms with Crippen molar-refractivity contribution < 1.29 is 9.59 Å². The minimum atomic E-state index is -0.806. The predicted molar refractivity (Wildman–Crippen MR) is 122 cm³/mol. The number of hydrazine groups is 1. The topological polar surface area (TPSA) is 113 Å². The van der Waals surface area contributed by atoms with E-state index >= 15 is 0 Å². The molecule has 0 bridgehead atoms. The first-order valence-corrected chi connectivity index (χ1v) is 11.4. The number of nitrogens with zero attached hydrogens (tertiary/aromatic N) is 3. The molecule has 4 rings (SSSR count). The van der Waals surface area contributed by atoms with Crippen molar-refractivity contribution in [2.45, 2.75) is 51.6 Å². The molecule has 2 aliphatic rings. The molecular weight excluding hydrogens is 404 g/mol. The SMILES string of the molecule is CCC1NNC(C(=O)N2CCCC(Cc3ccccc3-c3cncnc3)(C(N)=O)C2)C1C. The fraction of sp³-hybridized carbons (Fsp3) is 0.500. The third-order valence-electron chi connectivity index (χ3n) is 7.12. The Bertz CT molecular complexity index is 968. The van der Waals surface area contributed by atoms with E-state index in [0.717, 1.165) is 29.5 Å². The highest BCUT2D eigenvalue weighted by Gasteiger charge is 2.45. The first-order valence-electron chi connectivity index (χ1n) is 11.4. The lowest BCUT2D eigenvalue weighted by Gasteiger charge is -2.42. The number of amides is 2. The third-order valence-corrected chi connectivity index (χ3v) is 7.12. The highest BCUT2D eigenvalue weighted by molar-refractivity contribution is 5.86. The Morgan fingerprint density at radius 2 is 1.97 bits per heavy atom. The average molecular weight is 437 g/mol. The van der Waals surface area contributed by atoms with Gasteiger partial charge in [-0.2, -0.15) is 0 Å². The fourth-order valence-corrected chi connectivity index (χ4v) is 5.16. The molecule has 3 heterocycles. The van der Waals surface area contributed by atoms with E-state index in [4.69, 9.17) is 5.73 Å². The standard InChI is InChI=1S/C24H32N6O2/c1-3-20-16(2)21(29-28-20)22(31)30-10-6-9-24(14-30,23(25)32)11-17-7-4-5-8-19(17)18-12-26-15-27-13-18/h4-5,7-8,12-13,15-16,20-21,28-29H,3,6,9-11,14H2,1-2H3,(H2,25,32). The zero-order valence-corrected chi connectivity index (χ0v) is 18.8. The fourth-order valence-electron chi connectivity index (χ4n) is 5.16. The molecule has 4 atom stereocenters. The Balaban J connectivity index is 1.59. The first-order chi connectivity index (χ1) is 15.4. The van der Waals surface area contributed by atoms with E-state index in [2.05, 4.69) is 34.7 Å². The van der Waals surface area contributed by atoms with Gasteiger partial charge in [0, 0.05) is 37.1 Å². The van der Waals surface area contributed by atoms with Crippen LogP contribution in [0.3, 0.4) is 0 Å². The molecule has 2 saturated heterocycles. The van der Waals surface area contributed by atoms with E-state index in [1.165, 1.54) is 6.33 Å². The number of likely N-dealkylation sites (tertiary alicyclic amines) is 1. The quantitative estimate of drug-likeness (QED) is 0.635. The maximum atomic E-state index is 13.4. The van der Waals surface area contributed by atoms with Crippen LogP contribution in [0.4, 0.5) is 0 Å². The summed E-state index contributed by atoms with van der Waals surface area (Å²) >= 11 is 0. The van der Waals surface area contributed by atoms with Gasteiger partial charge in [0.15, 0.2) is 0 Å². The van der Waals surface area contributed by atoms with E-state index in [-0.39, 0.29) is 29.8 Å². The molecule has 8 nitrogen and oxygen atoms in total. The molecule has 170 valence electrons. The van der Waals surface area contributed by atoms with Crippen LogP contribution >= 0.6 is 0 Å². The highest BCUT2D eigenvalue weighted by atomic mass is 16.2. The lowest BCUT2D eigenvalue weighted by molar-refractivity contribution is -0.142. The molecule has 2 aromatic rings. The summed E-state index contributed by atoms with van der Waals surface area (Å²) in [5.74, 6) is -0.140. The average Bonchev–Trinajstić information content (AvgIpc) is 3.20. The molecule has 8 heteroatoms. The minimum Gasteiger partial charge on any atom is -0.369 e. The van der Waals surface area contributed by atoms with Crippen molar-refractivity contribution in [2.24, 2.45) is 17.1 Å². The van der Waals surface area contributed by atoms with Crippen LogP contribution in [-0.2, 0) is 16.0 Å². The Morgan fingerprint density at radius 1 is 1.22 bits per heavy atom. The van der Waals surface area contributed by atoms with Gasteiger partial charge in [-0.15, -0.1) is 0 Å². The van der Waals surface area contributed by atoms with E-state index in [1.54, 1.807) is 12.4 Å². The van der Waals surface area contributed by atoms with Gasteiger partial charge in [0.1, 0.15) is 12.4 Å². The van der Waals surface area contributed by atoms with E-state index in [9.17, 15) is 9.59 Å². The number of carbonyl (C=O) groups is 2. The van der Waals surface area contributed by atoms with Crippen LogP contribution in [0.1, 0.15) is 38.7 Å². The van der Waals surface area contributed by atoms with Gasteiger partial charge in [-0.25, -0.2) is 15.4 Å². The summed E-state index contributed by atoms with van der Waals surface area (Å²) in [7, 11) is 0. The summed E-state index contributed by atoms with van der Waals surface area (Å²) < 4.78 is 0. The Labute approximate surface area is 189 Å². The van der Waals surface area contributed by atoms with Crippen molar-refractivity contribution >= 4 is 11.8 Å². The number of hydrogen-bond donors (Lipinski definition) is 3. The Morgan fingerprint density at radius 3 is 2.66 bits per heavy atom. The monoisotopic (exact) mass is 436 g/mol. The molecule has 0 aliphatic carbocycles. The first kappa shape index (κ1) is 22.4. The minimum absolute atomic E-state index is 0.0380. The Kier molecular flexibility index (Phi) is 6.53. The summed E-state index contributed by atoms with van der Waals surface area (Å²) in [6.45, 7) is 5.18. The molecule has 1 aromatic heterocycles. The molecule has 0 radical (unpaired) electrons. The zero-order chi connectivity index (χ0) is 22.7. The molecule has 2 aliphatic heterocycles. The largest absolute Gasteiger partial charge is 0.369 e. The predicted octanol–water partition coefficient (Wildman–Crippen LogP) is 1.67. The smallest absolute Gasteiger partial charge is 0.241 e. The van der Waals surface area contributed by atoms with Gasteiger partial charge in [-0.3, -0.25) is 15.0 Å². The molecule has 1 aromatic carbocycles. The molecule has 2 fully saturated rings. The van der Waals surface area contributed by atoms with E-state index in [0.29, 0.717) is 25.9 Å². The molecule has 0 saturated carbocycles. The van der Waals surface area contributed by atoms with Gasteiger partial charge >= 0.3 is 0 Å².